The molecule has 0 saturated heterocycles. The zero-order valence-electron chi connectivity index (χ0n) is 9.94. The predicted octanol–water partition coefficient (Wildman–Crippen LogP) is 0.954. The molecule has 1 aromatic carbocycles. The summed E-state index contributed by atoms with van der Waals surface area (Å²) in [5.74, 6) is -3.70. The number of fused-ring (bicyclic) bond motifs is 1. The standard InChI is InChI=1S/C12H12F2N4O/c13-12(14,6-15)7-18-11(19)8-1-2-9-10(5-8)17-4-3-16-9/h1-5H,6-7,15H2,(H,18,19). The molecule has 5 nitrogen and oxygen atoms in total. The van der Waals surface area contributed by atoms with Gasteiger partial charge >= 0.3 is 0 Å². The van der Waals surface area contributed by atoms with Gasteiger partial charge in [-0.3, -0.25) is 14.8 Å². The summed E-state index contributed by atoms with van der Waals surface area (Å²) >= 11 is 0. The van der Waals surface area contributed by atoms with Crippen molar-refractivity contribution in [1.82, 2.24) is 15.3 Å². The first-order valence-electron chi connectivity index (χ1n) is 5.59. The van der Waals surface area contributed by atoms with Crippen LogP contribution in [-0.4, -0.2) is 34.9 Å². The van der Waals surface area contributed by atoms with Crippen LogP contribution in [-0.2, 0) is 0 Å². The number of nitrogens with zero attached hydrogens (tertiary/aromatic N) is 2. The van der Waals surface area contributed by atoms with Crippen LogP contribution in [0.25, 0.3) is 11.0 Å². The van der Waals surface area contributed by atoms with Gasteiger partial charge in [-0.05, 0) is 18.2 Å². The highest BCUT2D eigenvalue weighted by Gasteiger charge is 2.27. The fourth-order valence-electron chi connectivity index (χ4n) is 1.49. The van der Waals surface area contributed by atoms with Gasteiger partial charge in [0.15, 0.2) is 0 Å². The number of alkyl halides is 2. The van der Waals surface area contributed by atoms with Crippen LogP contribution in [0.2, 0.25) is 0 Å². The molecule has 0 fully saturated rings. The zero-order valence-corrected chi connectivity index (χ0v) is 9.94. The lowest BCUT2D eigenvalue weighted by molar-refractivity contribution is 0.0118. The normalized spacial score (nSPS) is 11.5. The van der Waals surface area contributed by atoms with Crippen molar-refractivity contribution in [2.24, 2.45) is 5.73 Å². The van der Waals surface area contributed by atoms with Crippen molar-refractivity contribution in [3.63, 3.8) is 0 Å². The van der Waals surface area contributed by atoms with Gasteiger partial charge in [-0.2, -0.15) is 0 Å². The van der Waals surface area contributed by atoms with Gasteiger partial charge in [0.1, 0.15) is 0 Å². The SMILES string of the molecule is NCC(F)(F)CNC(=O)c1ccc2nccnc2c1. The number of halogens is 2. The highest BCUT2D eigenvalue weighted by Crippen LogP contribution is 2.12. The number of carbonyl (C=O) groups is 1. The van der Waals surface area contributed by atoms with Crippen LogP contribution < -0.4 is 11.1 Å². The third-order valence-electron chi connectivity index (χ3n) is 2.54. The largest absolute Gasteiger partial charge is 0.346 e. The summed E-state index contributed by atoms with van der Waals surface area (Å²) in [6, 6.07) is 4.61. The Hall–Kier alpha value is -2.15. The minimum atomic E-state index is -3.10. The third-order valence-corrected chi connectivity index (χ3v) is 2.54. The summed E-state index contributed by atoms with van der Waals surface area (Å²) in [5.41, 5.74) is 6.30. The molecule has 1 amide bonds. The van der Waals surface area contributed by atoms with Crippen LogP contribution in [0.15, 0.2) is 30.6 Å². The first-order chi connectivity index (χ1) is 9.02. The number of carbonyl (C=O) groups excluding carboxylic acids is 1. The Labute approximate surface area is 107 Å². The molecular formula is C12H12F2N4O. The Kier molecular flexibility index (Phi) is 3.66. The molecule has 1 heterocycles. The Bertz CT molecular complexity index is 603. The van der Waals surface area contributed by atoms with Gasteiger partial charge < -0.3 is 11.1 Å². The molecule has 3 N–H and O–H groups in total. The molecule has 2 rings (SSSR count). The summed E-state index contributed by atoms with van der Waals surface area (Å²) in [7, 11) is 0. The molecule has 100 valence electrons. The fraction of sp³-hybridized carbons (Fsp3) is 0.250. The maximum absolute atomic E-state index is 12.9. The lowest BCUT2D eigenvalue weighted by Gasteiger charge is -2.14. The van der Waals surface area contributed by atoms with Crippen LogP contribution in [0.4, 0.5) is 8.78 Å². The van der Waals surface area contributed by atoms with E-state index in [0.717, 1.165) is 0 Å². The maximum atomic E-state index is 12.9. The minimum Gasteiger partial charge on any atom is -0.346 e. The molecule has 0 aliphatic carbocycles. The van der Waals surface area contributed by atoms with Crippen molar-refractivity contribution in [3.05, 3.63) is 36.2 Å². The summed E-state index contributed by atoms with van der Waals surface area (Å²) in [6.45, 7) is -1.60. The van der Waals surface area contributed by atoms with Gasteiger partial charge in [0.2, 0.25) is 0 Å². The molecule has 0 saturated carbocycles. The third kappa shape index (κ3) is 3.19. The molecule has 1 aromatic heterocycles. The molecule has 19 heavy (non-hydrogen) atoms. The quantitative estimate of drug-likeness (QED) is 0.863. The van der Waals surface area contributed by atoms with Crippen molar-refractivity contribution < 1.29 is 13.6 Å². The van der Waals surface area contributed by atoms with E-state index in [0.29, 0.717) is 11.0 Å². The van der Waals surface area contributed by atoms with Gasteiger partial charge in [0.25, 0.3) is 11.8 Å². The number of nitrogens with one attached hydrogen (secondary N) is 1. The summed E-state index contributed by atoms with van der Waals surface area (Å²) in [4.78, 5) is 19.8. The van der Waals surface area contributed by atoms with E-state index in [9.17, 15) is 13.6 Å². The highest BCUT2D eigenvalue weighted by atomic mass is 19.3. The van der Waals surface area contributed by atoms with E-state index in [4.69, 9.17) is 5.73 Å². The van der Waals surface area contributed by atoms with Crippen molar-refractivity contribution >= 4 is 16.9 Å². The van der Waals surface area contributed by atoms with Crippen molar-refractivity contribution in [2.45, 2.75) is 5.92 Å². The zero-order chi connectivity index (χ0) is 13.9. The second-order valence-corrected chi connectivity index (χ2v) is 4.00. The van der Waals surface area contributed by atoms with Gasteiger partial charge in [0.05, 0.1) is 24.1 Å². The van der Waals surface area contributed by atoms with E-state index in [-0.39, 0.29) is 5.56 Å². The lowest BCUT2D eigenvalue weighted by Crippen LogP contribution is -2.41. The number of rotatable bonds is 4. The second-order valence-electron chi connectivity index (χ2n) is 4.00. The number of nitrogens with two attached hydrogens (primary N) is 1. The average molecular weight is 266 g/mol. The molecule has 0 aliphatic rings. The van der Waals surface area contributed by atoms with Crippen LogP contribution in [0.1, 0.15) is 10.4 Å². The lowest BCUT2D eigenvalue weighted by atomic mass is 10.2. The van der Waals surface area contributed by atoms with Gasteiger partial charge in [0, 0.05) is 18.0 Å². The van der Waals surface area contributed by atoms with Crippen LogP contribution in [0, 0.1) is 0 Å². The molecule has 0 bridgehead atoms. The smallest absolute Gasteiger partial charge is 0.277 e. The summed E-state index contributed by atoms with van der Waals surface area (Å²) in [5, 5.41) is 2.14. The molecule has 0 radical (unpaired) electrons. The first kappa shape index (κ1) is 13.3. The highest BCUT2D eigenvalue weighted by molar-refractivity contribution is 5.97. The molecule has 0 spiro atoms. The van der Waals surface area contributed by atoms with Gasteiger partial charge in [-0.25, -0.2) is 8.78 Å². The van der Waals surface area contributed by atoms with E-state index in [1.165, 1.54) is 24.5 Å². The van der Waals surface area contributed by atoms with Crippen molar-refractivity contribution in [2.75, 3.05) is 13.1 Å². The van der Waals surface area contributed by atoms with Crippen LogP contribution in [0.3, 0.4) is 0 Å². The van der Waals surface area contributed by atoms with E-state index < -0.39 is 24.9 Å². The maximum Gasteiger partial charge on any atom is 0.277 e. The molecule has 7 heteroatoms. The number of amides is 1. The van der Waals surface area contributed by atoms with E-state index in [2.05, 4.69) is 15.3 Å². The van der Waals surface area contributed by atoms with Crippen molar-refractivity contribution in [3.8, 4) is 0 Å². The van der Waals surface area contributed by atoms with E-state index in [1.807, 2.05) is 0 Å². The predicted molar refractivity (Wildman–Crippen MR) is 65.9 cm³/mol. The van der Waals surface area contributed by atoms with Crippen LogP contribution in [0.5, 0.6) is 0 Å². The Morgan fingerprint density at radius 3 is 2.63 bits per heavy atom. The first-order valence-corrected chi connectivity index (χ1v) is 5.59. The Morgan fingerprint density at radius 2 is 1.95 bits per heavy atom. The second kappa shape index (κ2) is 5.23. The summed E-state index contributed by atoms with van der Waals surface area (Å²) in [6.07, 6.45) is 3.02. The molecule has 0 aliphatic heterocycles. The van der Waals surface area contributed by atoms with E-state index in [1.54, 1.807) is 6.07 Å². The minimum absolute atomic E-state index is 0.251. The number of hydrogen-bond donors (Lipinski definition) is 2. The Morgan fingerprint density at radius 1 is 1.26 bits per heavy atom. The summed E-state index contributed by atoms with van der Waals surface area (Å²) < 4.78 is 25.8. The average Bonchev–Trinajstić information content (AvgIpc) is 2.44. The van der Waals surface area contributed by atoms with E-state index >= 15 is 0 Å². The molecule has 2 aromatic rings. The van der Waals surface area contributed by atoms with Crippen molar-refractivity contribution in [1.29, 1.82) is 0 Å². The molecule has 0 atom stereocenters. The number of benzene rings is 1. The Balaban J connectivity index is 2.13. The monoisotopic (exact) mass is 266 g/mol. The fourth-order valence-corrected chi connectivity index (χ4v) is 1.49. The molecule has 0 unspecified atom stereocenters. The van der Waals surface area contributed by atoms with Crippen LogP contribution >= 0.6 is 0 Å². The van der Waals surface area contributed by atoms with Gasteiger partial charge in [-0.1, -0.05) is 0 Å². The van der Waals surface area contributed by atoms with Gasteiger partial charge in [-0.15, -0.1) is 0 Å². The number of aromatic nitrogens is 2. The number of hydrogen-bond acceptors (Lipinski definition) is 4. The topological polar surface area (TPSA) is 80.9 Å². The molecular weight excluding hydrogens is 254 g/mol.